The monoisotopic (exact) mass is 501 g/mol. The molecule has 0 radical (unpaired) electrons. The third-order valence-corrected chi connectivity index (χ3v) is 5.20. The molecule has 36 heavy (non-hydrogen) atoms. The predicted octanol–water partition coefficient (Wildman–Crippen LogP) is 1.24. The SMILES string of the molecule is CNC(=O)C(C(=O)OC)N(C)Cc1ccccc1.COC(=O)C(C(=O)OC)N(C)Cc1ccccc1. The quantitative estimate of drug-likeness (QED) is 0.292. The van der Waals surface area contributed by atoms with Gasteiger partial charge in [-0.2, -0.15) is 0 Å². The van der Waals surface area contributed by atoms with Crippen molar-refractivity contribution in [1.29, 1.82) is 0 Å². The number of esters is 3. The Hall–Kier alpha value is -3.76. The summed E-state index contributed by atoms with van der Waals surface area (Å²) in [6.07, 6.45) is 0. The average Bonchev–Trinajstić information content (AvgIpc) is 2.89. The first-order valence-corrected chi connectivity index (χ1v) is 11.1. The lowest BCUT2D eigenvalue weighted by molar-refractivity contribution is -0.160. The zero-order valence-corrected chi connectivity index (χ0v) is 21.6. The molecule has 196 valence electrons. The fourth-order valence-electron chi connectivity index (χ4n) is 3.34. The van der Waals surface area contributed by atoms with Gasteiger partial charge in [-0.1, -0.05) is 60.7 Å². The molecule has 0 aliphatic rings. The minimum atomic E-state index is -1.04. The molecule has 0 saturated heterocycles. The summed E-state index contributed by atoms with van der Waals surface area (Å²) in [6, 6.07) is 17.2. The highest BCUT2D eigenvalue weighted by atomic mass is 16.5. The lowest BCUT2D eigenvalue weighted by Crippen LogP contribution is -2.49. The Balaban J connectivity index is 0.000000360. The van der Waals surface area contributed by atoms with E-state index in [1.165, 1.54) is 28.4 Å². The van der Waals surface area contributed by atoms with Crippen LogP contribution in [0.3, 0.4) is 0 Å². The summed E-state index contributed by atoms with van der Waals surface area (Å²) in [5.41, 5.74) is 2.02. The standard InChI is InChI=1S/C13H18N2O3.C13H17NO4/c1-14-12(16)11(13(17)18-3)15(2)9-10-7-5-4-6-8-10;1-14(9-10-7-5-4-6-8-10)11(12(15)17-2)13(16)18-3/h4-8,11H,9H2,1-3H3,(H,14,16);4-8,11H,9H2,1-3H3. The van der Waals surface area contributed by atoms with Gasteiger partial charge in [0.05, 0.1) is 21.3 Å². The molecule has 2 rings (SSSR count). The van der Waals surface area contributed by atoms with Crippen LogP contribution in [0, 0.1) is 0 Å². The van der Waals surface area contributed by atoms with Crippen LogP contribution in [0.2, 0.25) is 0 Å². The second-order valence-electron chi connectivity index (χ2n) is 7.79. The van der Waals surface area contributed by atoms with E-state index in [2.05, 4.69) is 19.5 Å². The predicted molar refractivity (Wildman–Crippen MR) is 134 cm³/mol. The summed E-state index contributed by atoms with van der Waals surface area (Å²) in [6.45, 7) is 0.948. The first-order valence-electron chi connectivity index (χ1n) is 11.1. The molecule has 10 nitrogen and oxygen atoms in total. The second kappa shape index (κ2) is 16.0. The third-order valence-electron chi connectivity index (χ3n) is 5.20. The van der Waals surface area contributed by atoms with Crippen molar-refractivity contribution in [3.05, 3.63) is 71.8 Å². The number of amides is 1. The Morgan fingerprint density at radius 2 is 1.00 bits per heavy atom. The van der Waals surface area contributed by atoms with Crippen LogP contribution in [0.5, 0.6) is 0 Å². The molecule has 10 heteroatoms. The number of likely N-dealkylation sites (N-methyl/N-ethyl adjacent to an activating group) is 3. The number of hydrogen-bond acceptors (Lipinski definition) is 9. The molecule has 1 atom stereocenters. The van der Waals surface area contributed by atoms with Gasteiger partial charge in [0.1, 0.15) is 0 Å². The van der Waals surface area contributed by atoms with Crippen molar-refractivity contribution in [2.45, 2.75) is 25.2 Å². The van der Waals surface area contributed by atoms with Gasteiger partial charge in [-0.25, -0.2) is 14.4 Å². The van der Waals surface area contributed by atoms with Gasteiger partial charge in [0.25, 0.3) is 0 Å². The van der Waals surface area contributed by atoms with Gasteiger partial charge in [0, 0.05) is 20.1 Å². The Kier molecular flexibility index (Phi) is 13.5. The van der Waals surface area contributed by atoms with Crippen LogP contribution in [-0.2, 0) is 46.5 Å². The molecule has 2 aromatic carbocycles. The molecule has 1 N–H and O–H groups in total. The van der Waals surface area contributed by atoms with E-state index in [0.717, 1.165) is 11.1 Å². The van der Waals surface area contributed by atoms with Crippen LogP contribution in [0.25, 0.3) is 0 Å². The summed E-state index contributed by atoms with van der Waals surface area (Å²) in [5, 5.41) is 2.47. The van der Waals surface area contributed by atoms with Gasteiger partial charge in [0.15, 0.2) is 6.04 Å². The number of methoxy groups -OCH3 is 3. The van der Waals surface area contributed by atoms with E-state index < -0.39 is 30.0 Å². The van der Waals surface area contributed by atoms with Crippen LogP contribution < -0.4 is 5.32 Å². The van der Waals surface area contributed by atoms with E-state index in [9.17, 15) is 19.2 Å². The summed E-state index contributed by atoms with van der Waals surface area (Å²) in [5.74, 6) is -2.19. The first-order chi connectivity index (χ1) is 17.2. The van der Waals surface area contributed by atoms with Crippen molar-refractivity contribution >= 4 is 23.8 Å². The molecule has 0 aliphatic carbocycles. The average molecular weight is 502 g/mol. The lowest BCUT2D eigenvalue weighted by Gasteiger charge is -2.24. The van der Waals surface area contributed by atoms with Gasteiger partial charge < -0.3 is 19.5 Å². The zero-order chi connectivity index (χ0) is 27.1. The van der Waals surface area contributed by atoms with Crippen LogP contribution in [0.4, 0.5) is 0 Å². The van der Waals surface area contributed by atoms with E-state index in [1.54, 1.807) is 23.9 Å². The summed E-state index contributed by atoms with van der Waals surface area (Å²) < 4.78 is 13.9. The maximum atomic E-state index is 11.7. The Bertz CT molecular complexity index is 859. The molecule has 0 aromatic heterocycles. The summed E-state index contributed by atoms with van der Waals surface area (Å²) in [4.78, 5) is 49.7. The van der Waals surface area contributed by atoms with Crippen molar-refractivity contribution in [2.75, 3.05) is 42.5 Å². The molecule has 0 fully saturated rings. The lowest BCUT2D eigenvalue weighted by atomic mass is 10.1. The zero-order valence-electron chi connectivity index (χ0n) is 21.6. The van der Waals surface area contributed by atoms with Crippen molar-refractivity contribution in [3.63, 3.8) is 0 Å². The highest BCUT2D eigenvalue weighted by Crippen LogP contribution is 2.09. The Morgan fingerprint density at radius 1 is 0.667 bits per heavy atom. The molecule has 1 amide bonds. The van der Waals surface area contributed by atoms with Crippen LogP contribution in [0.1, 0.15) is 11.1 Å². The Morgan fingerprint density at radius 3 is 1.33 bits per heavy atom. The van der Waals surface area contributed by atoms with Gasteiger partial charge >= 0.3 is 17.9 Å². The maximum absolute atomic E-state index is 11.7. The van der Waals surface area contributed by atoms with Crippen molar-refractivity contribution < 1.29 is 33.4 Å². The number of ether oxygens (including phenoxy) is 3. The number of hydrogen-bond donors (Lipinski definition) is 1. The number of nitrogens with zero attached hydrogens (tertiary/aromatic N) is 2. The van der Waals surface area contributed by atoms with E-state index in [0.29, 0.717) is 13.1 Å². The molecular formula is C26H35N3O7. The molecule has 1 unspecified atom stereocenters. The van der Waals surface area contributed by atoms with Crippen molar-refractivity contribution in [1.82, 2.24) is 15.1 Å². The van der Waals surface area contributed by atoms with E-state index in [4.69, 9.17) is 0 Å². The summed E-state index contributed by atoms with van der Waals surface area (Å²) in [7, 11) is 8.64. The van der Waals surface area contributed by atoms with Gasteiger partial charge in [-0.3, -0.25) is 14.6 Å². The molecule has 0 bridgehead atoms. The van der Waals surface area contributed by atoms with Crippen LogP contribution >= 0.6 is 0 Å². The first kappa shape index (κ1) is 30.3. The normalized spacial score (nSPS) is 11.2. The van der Waals surface area contributed by atoms with E-state index in [-0.39, 0.29) is 5.91 Å². The molecule has 0 spiro atoms. The van der Waals surface area contributed by atoms with Crippen LogP contribution in [-0.4, -0.2) is 88.2 Å². The number of carbonyl (C=O) groups is 4. The van der Waals surface area contributed by atoms with E-state index >= 15 is 0 Å². The minimum absolute atomic E-state index is 0.375. The molecule has 2 aromatic rings. The smallest absolute Gasteiger partial charge is 0.334 e. The molecule has 0 saturated carbocycles. The van der Waals surface area contributed by atoms with Crippen molar-refractivity contribution in [3.8, 4) is 0 Å². The van der Waals surface area contributed by atoms with Gasteiger partial charge in [0.2, 0.25) is 11.9 Å². The number of benzene rings is 2. The highest BCUT2D eigenvalue weighted by molar-refractivity contribution is 6.01. The van der Waals surface area contributed by atoms with E-state index in [1.807, 2.05) is 60.7 Å². The molecular weight excluding hydrogens is 466 g/mol. The maximum Gasteiger partial charge on any atom is 0.334 e. The largest absolute Gasteiger partial charge is 0.467 e. The number of nitrogens with one attached hydrogen (secondary N) is 1. The van der Waals surface area contributed by atoms with Gasteiger partial charge in [-0.15, -0.1) is 0 Å². The Labute approximate surface area is 212 Å². The van der Waals surface area contributed by atoms with Crippen LogP contribution in [0.15, 0.2) is 60.7 Å². The van der Waals surface area contributed by atoms with Crippen molar-refractivity contribution in [2.24, 2.45) is 0 Å². The topological polar surface area (TPSA) is 114 Å². The third kappa shape index (κ3) is 9.47. The number of carbonyl (C=O) groups excluding carboxylic acids is 4. The summed E-state index contributed by atoms with van der Waals surface area (Å²) >= 11 is 0. The highest BCUT2D eigenvalue weighted by Gasteiger charge is 2.33. The van der Waals surface area contributed by atoms with Gasteiger partial charge in [-0.05, 0) is 25.2 Å². The molecule has 0 heterocycles. The number of rotatable bonds is 10. The molecule has 0 aliphatic heterocycles. The fraction of sp³-hybridized carbons (Fsp3) is 0.385. The fourth-order valence-corrected chi connectivity index (χ4v) is 3.34. The second-order valence-corrected chi connectivity index (χ2v) is 7.79. The minimum Gasteiger partial charge on any atom is -0.467 e.